The fourth-order valence-electron chi connectivity index (χ4n) is 3.25. The van der Waals surface area contributed by atoms with Gasteiger partial charge in [0.2, 0.25) is 0 Å². The van der Waals surface area contributed by atoms with Gasteiger partial charge in [0.05, 0.1) is 5.69 Å². The first-order valence-electron chi connectivity index (χ1n) is 7.93. The molecule has 0 amide bonds. The van der Waals surface area contributed by atoms with Crippen LogP contribution >= 0.6 is 0 Å². The summed E-state index contributed by atoms with van der Waals surface area (Å²) in [7, 11) is 0. The quantitative estimate of drug-likeness (QED) is 0.846. The minimum atomic E-state index is 0.503. The van der Waals surface area contributed by atoms with Gasteiger partial charge in [-0.05, 0) is 44.1 Å². The van der Waals surface area contributed by atoms with Crippen LogP contribution in [0.3, 0.4) is 0 Å². The zero-order chi connectivity index (χ0) is 13.8. The fourth-order valence-corrected chi connectivity index (χ4v) is 3.25. The molecule has 0 saturated heterocycles. The predicted octanol–water partition coefficient (Wildman–Crippen LogP) is 3.77. The highest BCUT2D eigenvalue weighted by atomic mass is 15.3. The fraction of sp³-hybridized carbons (Fsp3) is 0.812. The minimum Gasteiger partial charge on any atom is -0.308 e. The van der Waals surface area contributed by atoms with E-state index in [-0.39, 0.29) is 0 Å². The zero-order valence-corrected chi connectivity index (χ0v) is 12.9. The smallest absolute Gasteiger partial charge is 0.0762 e. The molecule has 1 aliphatic carbocycles. The monoisotopic (exact) mass is 263 g/mol. The molecule has 1 saturated carbocycles. The highest BCUT2D eigenvalue weighted by Crippen LogP contribution is 2.33. The van der Waals surface area contributed by atoms with Crippen molar-refractivity contribution in [3.05, 3.63) is 18.0 Å². The zero-order valence-electron chi connectivity index (χ0n) is 12.9. The molecule has 3 heteroatoms. The average Bonchev–Trinajstić information content (AvgIpc) is 3.02. The van der Waals surface area contributed by atoms with Crippen molar-refractivity contribution < 1.29 is 0 Å². The number of nitrogens with one attached hydrogen (secondary N) is 1. The second-order valence-electron chi connectivity index (χ2n) is 6.14. The molecule has 4 unspecified atom stereocenters. The average molecular weight is 263 g/mol. The van der Waals surface area contributed by atoms with Crippen LogP contribution in [0.2, 0.25) is 0 Å². The molecule has 1 aliphatic rings. The summed E-state index contributed by atoms with van der Waals surface area (Å²) in [6.07, 6.45) is 7.27. The largest absolute Gasteiger partial charge is 0.308 e. The van der Waals surface area contributed by atoms with Gasteiger partial charge in [0.1, 0.15) is 0 Å². The van der Waals surface area contributed by atoms with Crippen molar-refractivity contribution in [2.24, 2.45) is 11.8 Å². The molecule has 2 rings (SSSR count). The first-order chi connectivity index (χ1) is 9.15. The van der Waals surface area contributed by atoms with Crippen LogP contribution in [0, 0.1) is 11.8 Å². The van der Waals surface area contributed by atoms with Crippen molar-refractivity contribution in [2.75, 3.05) is 0 Å². The lowest BCUT2D eigenvalue weighted by atomic mass is 9.93. The maximum absolute atomic E-state index is 4.66. The number of nitrogens with zero attached hydrogens (tertiary/aromatic N) is 2. The molecule has 1 heterocycles. The van der Waals surface area contributed by atoms with Gasteiger partial charge < -0.3 is 5.32 Å². The maximum Gasteiger partial charge on any atom is 0.0762 e. The van der Waals surface area contributed by atoms with E-state index in [9.17, 15) is 0 Å². The lowest BCUT2D eigenvalue weighted by Gasteiger charge is -2.20. The third-order valence-electron chi connectivity index (χ3n) is 5.00. The molecule has 0 aliphatic heterocycles. The third-order valence-corrected chi connectivity index (χ3v) is 5.00. The van der Waals surface area contributed by atoms with Gasteiger partial charge in [-0.25, -0.2) is 0 Å². The molecule has 0 bridgehead atoms. The molecule has 0 spiro atoms. The minimum absolute atomic E-state index is 0.503. The van der Waals surface area contributed by atoms with E-state index >= 15 is 0 Å². The third kappa shape index (κ3) is 3.38. The predicted molar refractivity (Wildman–Crippen MR) is 80.0 cm³/mol. The van der Waals surface area contributed by atoms with Crippen LogP contribution in [0.25, 0.3) is 0 Å². The van der Waals surface area contributed by atoms with Crippen molar-refractivity contribution in [1.82, 2.24) is 15.1 Å². The molecular formula is C16H29N3. The summed E-state index contributed by atoms with van der Waals surface area (Å²) in [4.78, 5) is 0. The van der Waals surface area contributed by atoms with Crippen molar-refractivity contribution in [1.29, 1.82) is 0 Å². The maximum atomic E-state index is 4.66. The second-order valence-corrected chi connectivity index (χ2v) is 6.14. The Bertz CT molecular complexity index is 385. The van der Waals surface area contributed by atoms with E-state index in [2.05, 4.69) is 55.1 Å². The summed E-state index contributed by atoms with van der Waals surface area (Å²) in [5, 5.41) is 8.37. The normalized spacial score (nSPS) is 28.7. The lowest BCUT2D eigenvalue weighted by Crippen LogP contribution is -2.32. The summed E-state index contributed by atoms with van der Waals surface area (Å²) in [5.74, 6) is 1.72. The topological polar surface area (TPSA) is 29.9 Å². The Morgan fingerprint density at radius 2 is 2.21 bits per heavy atom. The van der Waals surface area contributed by atoms with Crippen LogP contribution < -0.4 is 5.32 Å². The first kappa shape index (κ1) is 14.6. The van der Waals surface area contributed by atoms with Gasteiger partial charge in [0, 0.05) is 24.8 Å². The van der Waals surface area contributed by atoms with Gasteiger partial charge >= 0.3 is 0 Å². The Balaban J connectivity index is 1.84. The Morgan fingerprint density at radius 3 is 2.84 bits per heavy atom. The number of rotatable bonds is 6. The number of aromatic nitrogens is 2. The summed E-state index contributed by atoms with van der Waals surface area (Å²) in [5.41, 5.74) is 1.17. The highest BCUT2D eigenvalue weighted by molar-refractivity contribution is 5.00. The molecular weight excluding hydrogens is 234 g/mol. The highest BCUT2D eigenvalue weighted by Gasteiger charge is 2.30. The number of hydrogen-bond donors (Lipinski definition) is 1. The Labute approximate surface area is 117 Å². The molecule has 3 nitrogen and oxygen atoms in total. The second kappa shape index (κ2) is 6.56. The van der Waals surface area contributed by atoms with Gasteiger partial charge in [-0.2, -0.15) is 5.10 Å². The molecule has 1 fully saturated rings. The van der Waals surface area contributed by atoms with E-state index in [4.69, 9.17) is 0 Å². The van der Waals surface area contributed by atoms with E-state index in [0.717, 1.165) is 24.8 Å². The molecule has 108 valence electrons. The Morgan fingerprint density at radius 1 is 1.42 bits per heavy atom. The Hall–Kier alpha value is -0.830. The summed E-state index contributed by atoms with van der Waals surface area (Å²) < 4.78 is 2.09. The lowest BCUT2D eigenvalue weighted by molar-refractivity contribution is 0.343. The van der Waals surface area contributed by atoms with Gasteiger partial charge in [0.15, 0.2) is 0 Å². The van der Waals surface area contributed by atoms with E-state index in [1.54, 1.807) is 0 Å². The van der Waals surface area contributed by atoms with E-state index in [0.29, 0.717) is 12.1 Å². The summed E-state index contributed by atoms with van der Waals surface area (Å²) in [6, 6.07) is 3.33. The van der Waals surface area contributed by atoms with Crippen LogP contribution in [0.15, 0.2) is 12.3 Å². The number of hydrogen-bond acceptors (Lipinski definition) is 2. The molecule has 1 aromatic heterocycles. The van der Waals surface area contributed by atoms with Crippen LogP contribution in [-0.4, -0.2) is 15.8 Å². The van der Waals surface area contributed by atoms with Crippen molar-refractivity contribution in [3.8, 4) is 0 Å². The van der Waals surface area contributed by atoms with Crippen LogP contribution in [0.5, 0.6) is 0 Å². The van der Waals surface area contributed by atoms with Gasteiger partial charge in [-0.1, -0.05) is 27.2 Å². The molecule has 4 atom stereocenters. The standard InChI is InChI=1S/C16H29N3/c1-5-12(3)19-10-9-15(18-19)11-17-16-8-7-14(6-2)13(16)4/h9-10,12-14,16-17H,5-8,11H2,1-4H3. The van der Waals surface area contributed by atoms with Gasteiger partial charge in [-0.15, -0.1) is 0 Å². The molecule has 1 N–H and O–H groups in total. The van der Waals surface area contributed by atoms with Crippen LogP contribution in [0.4, 0.5) is 0 Å². The van der Waals surface area contributed by atoms with E-state index in [1.165, 1.54) is 25.0 Å². The summed E-state index contributed by atoms with van der Waals surface area (Å²) >= 11 is 0. The first-order valence-corrected chi connectivity index (χ1v) is 7.93. The molecule has 0 radical (unpaired) electrons. The van der Waals surface area contributed by atoms with Crippen LogP contribution in [0.1, 0.15) is 65.1 Å². The molecule has 19 heavy (non-hydrogen) atoms. The van der Waals surface area contributed by atoms with Gasteiger partial charge in [0.25, 0.3) is 0 Å². The SMILES string of the molecule is CCC1CCC(NCc2ccn(C(C)CC)n2)C1C. The van der Waals surface area contributed by atoms with E-state index in [1.807, 2.05) is 0 Å². The molecule has 0 aromatic carbocycles. The van der Waals surface area contributed by atoms with E-state index < -0.39 is 0 Å². The Kier molecular flexibility index (Phi) is 5.03. The van der Waals surface area contributed by atoms with Crippen molar-refractivity contribution in [2.45, 2.75) is 72.0 Å². The van der Waals surface area contributed by atoms with Crippen molar-refractivity contribution in [3.63, 3.8) is 0 Å². The summed E-state index contributed by atoms with van der Waals surface area (Å²) in [6.45, 7) is 10.0. The van der Waals surface area contributed by atoms with Crippen molar-refractivity contribution >= 4 is 0 Å². The van der Waals surface area contributed by atoms with Crippen LogP contribution in [-0.2, 0) is 6.54 Å². The molecule has 1 aromatic rings. The van der Waals surface area contributed by atoms with Gasteiger partial charge in [-0.3, -0.25) is 4.68 Å².